The predicted molar refractivity (Wildman–Crippen MR) is 165 cm³/mol. The predicted octanol–water partition coefficient (Wildman–Crippen LogP) is 9.93. The third-order valence-corrected chi connectivity index (χ3v) is 7.56. The summed E-state index contributed by atoms with van der Waals surface area (Å²) in [7, 11) is 0. The lowest BCUT2D eigenvalue weighted by atomic mass is 9.79. The maximum Gasteiger partial charge on any atom is 0.328 e. The number of carboxylic acids is 1. The van der Waals surface area contributed by atoms with E-state index in [1.54, 1.807) is 6.08 Å². The van der Waals surface area contributed by atoms with E-state index in [1.165, 1.54) is 54.2 Å². The molecule has 0 aromatic heterocycles. The first-order valence-electron chi connectivity index (χ1n) is 13.3. The smallest absolute Gasteiger partial charge is 0.328 e. The minimum Gasteiger partial charge on any atom is -0.478 e. The Morgan fingerprint density at radius 3 is 1.87 bits per heavy atom. The lowest BCUT2D eigenvalue weighted by molar-refractivity contribution is -0.131. The molecular formula is C36H36O2. The number of aliphatic carboxylic acids is 1. The highest BCUT2D eigenvalue weighted by Crippen LogP contribution is 2.44. The van der Waals surface area contributed by atoms with Crippen molar-refractivity contribution in [1.82, 2.24) is 0 Å². The van der Waals surface area contributed by atoms with E-state index in [0.717, 1.165) is 17.2 Å². The normalized spacial score (nSPS) is 13.8. The molecule has 0 unspecified atom stereocenters. The summed E-state index contributed by atoms with van der Waals surface area (Å²) >= 11 is 0. The van der Waals surface area contributed by atoms with Crippen LogP contribution >= 0.6 is 0 Å². The lowest BCUT2D eigenvalue weighted by Crippen LogP contribution is -2.12. The number of allylic oxidation sites excluding steroid dienone is 4. The molecule has 0 saturated carbocycles. The van der Waals surface area contributed by atoms with Gasteiger partial charge in [0.05, 0.1) is 0 Å². The number of carbonyl (C=O) groups is 1. The van der Waals surface area contributed by atoms with Gasteiger partial charge < -0.3 is 5.11 Å². The summed E-state index contributed by atoms with van der Waals surface area (Å²) < 4.78 is 0. The zero-order valence-corrected chi connectivity index (χ0v) is 23.4. The van der Waals surface area contributed by atoms with E-state index < -0.39 is 5.97 Å². The molecule has 5 aromatic rings. The van der Waals surface area contributed by atoms with Crippen molar-refractivity contribution in [3.05, 3.63) is 101 Å². The highest BCUT2D eigenvalue weighted by molar-refractivity contribution is 6.33. The number of rotatable bonds is 4. The van der Waals surface area contributed by atoms with Crippen LogP contribution < -0.4 is 0 Å². The van der Waals surface area contributed by atoms with E-state index >= 15 is 0 Å². The van der Waals surface area contributed by atoms with Gasteiger partial charge >= 0.3 is 5.97 Å². The lowest BCUT2D eigenvalue weighted by Gasteiger charge is -2.25. The standard InChI is InChI=1S/C36H36O2/c1-22(10-8-13-32(37)38)14-15-23-16-17-29-31-21-26(36(5,6)7)19-24-18-25(35(2,3)4)20-30(33(24)31)28-12-9-11-27(23)34(28)29/h8-21H,1-7H3,(H,37,38)/b13-8+,15-14+,22-10+. The second-order valence-electron chi connectivity index (χ2n) is 12.5. The molecule has 5 aromatic carbocycles. The van der Waals surface area contributed by atoms with Crippen LogP contribution in [0.1, 0.15) is 65.2 Å². The molecule has 2 nitrogen and oxygen atoms in total. The highest BCUT2D eigenvalue weighted by atomic mass is 16.4. The molecule has 0 spiro atoms. The van der Waals surface area contributed by atoms with Crippen LogP contribution in [0, 0.1) is 0 Å². The summed E-state index contributed by atoms with van der Waals surface area (Å²) in [6, 6.07) is 20.7. The average molecular weight is 501 g/mol. The van der Waals surface area contributed by atoms with Crippen molar-refractivity contribution < 1.29 is 9.90 Å². The van der Waals surface area contributed by atoms with Crippen LogP contribution in [-0.2, 0) is 15.6 Å². The van der Waals surface area contributed by atoms with Gasteiger partial charge in [-0.25, -0.2) is 4.79 Å². The maximum absolute atomic E-state index is 10.8. The van der Waals surface area contributed by atoms with Gasteiger partial charge in [0.15, 0.2) is 0 Å². The molecule has 192 valence electrons. The molecule has 2 heteroatoms. The SMILES string of the molecule is CC(/C=C/c1ccc2c3cc(C(C)(C)C)cc4cc(C(C)(C)C)cc(c5cccc1c52)c43)=C\C=C\C(=O)O. The molecule has 0 aliphatic carbocycles. The Morgan fingerprint density at radius 1 is 0.711 bits per heavy atom. The summed E-state index contributed by atoms with van der Waals surface area (Å²) in [5.74, 6) is -0.943. The summed E-state index contributed by atoms with van der Waals surface area (Å²) in [6.07, 6.45) is 8.70. The van der Waals surface area contributed by atoms with Gasteiger partial charge in [-0.2, -0.15) is 0 Å². The van der Waals surface area contributed by atoms with Crippen molar-refractivity contribution in [2.24, 2.45) is 0 Å². The van der Waals surface area contributed by atoms with Gasteiger partial charge in [0, 0.05) is 6.08 Å². The number of carboxylic acid groups (broad SMARTS) is 1. The molecule has 1 N–H and O–H groups in total. The van der Waals surface area contributed by atoms with E-state index in [2.05, 4.69) is 102 Å². The van der Waals surface area contributed by atoms with Crippen molar-refractivity contribution in [1.29, 1.82) is 0 Å². The van der Waals surface area contributed by atoms with Crippen molar-refractivity contribution in [2.75, 3.05) is 0 Å². The van der Waals surface area contributed by atoms with Crippen LogP contribution in [0.2, 0.25) is 0 Å². The Balaban J connectivity index is 1.85. The summed E-state index contributed by atoms with van der Waals surface area (Å²) in [6.45, 7) is 15.7. The van der Waals surface area contributed by atoms with Crippen LogP contribution in [0.25, 0.3) is 49.2 Å². The van der Waals surface area contributed by atoms with Crippen molar-refractivity contribution in [3.8, 4) is 0 Å². The number of benzene rings is 5. The second kappa shape index (κ2) is 9.13. The first-order chi connectivity index (χ1) is 17.8. The number of fused-ring (bicyclic) bond motifs is 2. The van der Waals surface area contributed by atoms with Crippen LogP contribution in [0.15, 0.2) is 84.5 Å². The van der Waals surface area contributed by atoms with E-state index in [1.807, 2.05) is 19.1 Å². The Morgan fingerprint density at radius 2 is 1.29 bits per heavy atom. The molecule has 38 heavy (non-hydrogen) atoms. The molecule has 0 aliphatic rings. The molecule has 0 saturated heterocycles. The molecular weight excluding hydrogens is 464 g/mol. The van der Waals surface area contributed by atoms with Crippen molar-refractivity contribution in [2.45, 2.75) is 59.3 Å². The zero-order valence-electron chi connectivity index (χ0n) is 23.4. The second-order valence-corrected chi connectivity index (χ2v) is 12.5. The minimum absolute atomic E-state index is 0.0420. The van der Waals surface area contributed by atoms with E-state index in [0.29, 0.717) is 0 Å². The van der Waals surface area contributed by atoms with E-state index in [-0.39, 0.29) is 10.8 Å². The molecule has 0 aliphatic heterocycles. The number of hydrogen-bond acceptors (Lipinski definition) is 1. The number of hydrogen-bond donors (Lipinski definition) is 1. The largest absolute Gasteiger partial charge is 0.478 e. The van der Waals surface area contributed by atoms with Crippen molar-refractivity contribution in [3.63, 3.8) is 0 Å². The first kappa shape index (κ1) is 25.7. The van der Waals surface area contributed by atoms with Gasteiger partial charge in [-0.05, 0) is 89.7 Å². The van der Waals surface area contributed by atoms with Crippen molar-refractivity contribution >= 4 is 55.1 Å². The fourth-order valence-corrected chi connectivity index (χ4v) is 5.39. The fourth-order valence-electron chi connectivity index (χ4n) is 5.39. The molecule has 5 rings (SSSR count). The van der Waals surface area contributed by atoms with Crippen LogP contribution in [0.5, 0.6) is 0 Å². The van der Waals surface area contributed by atoms with E-state index in [4.69, 9.17) is 5.11 Å². The Kier molecular flexibility index (Phi) is 6.18. The Labute approximate surface area is 225 Å². The summed E-state index contributed by atoms with van der Waals surface area (Å²) in [4.78, 5) is 10.8. The first-order valence-corrected chi connectivity index (χ1v) is 13.3. The quantitative estimate of drug-likeness (QED) is 0.115. The van der Waals surface area contributed by atoms with Gasteiger partial charge in [0.25, 0.3) is 0 Å². The summed E-state index contributed by atoms with van der Waals surface area (Å²) in [5, 5.41) is 19.2. The summed E-state index contributed by atoms with van der Waals surface area (Å²) in [5.41, 5.74) is 4.93. The van der Waals surface area contributed by atoms with Gasteiger partial charge in [-0.1, -0.05) is 114 Å². The maximum atomic E-state index is 10.8. The molecule has 0 heterocycles. The van der Waals surface area contributed by atoms with Gasteiger partial charge in [0.1, 0.15) is 0 Å². The van der Waals surface area contributed by atoms with E-state index in [9.17, 15) is 4.79 Å². The van der Waals surface area contributed by atoms with Gasteiger partial charge in [0.2, 0.25) is 0 Å². The monoisotopic (exact) mass is 500 g/mol. The van der Waals surface area contributed by atoms with Gasteiger partial charge in [-0.15, -0.1) is 0 Å². The molecule has 0 atom stereocenters. The minimum atomic E-state index is -0.943. The molecule has 0 radical (unpaired) electrons. The topological polar surface area (TPSA) is 37.3 Å². The molecule has 0 fully saturated rings. The fraction of sp³-hybridized carbons (Fsp3) is 0.250. The molecule has 0 amide bonds. The van der Waals surface area contributed by atoms with Crippen LogP contribution in [-0.4, -0.2) is 11.1 Å². The average Bonchev–Trinajstić information content (AvgIpc) is 2.84. The highest BCUT2D eigenvalue weighted by Gasteiger charge is 2.22. The van der Waals surface area contributed by atoms with Crippen LogP contribution in [0.3, 0.4) is 0 Å². The third-order valence-electron chi connectivity index (χ3n) is 7.56. The van der Waals surface area contributed by atoms with Crippen LogP contribution in [0.4, 0.5) is 0 Å². The Bertz CT molecular complexity index is 1730. The zero-order chi connectivity index (χ0) is 27.4. The van der Waals surface area contributed by atoms with Gasteiger partial charge in [-0.3, -0.25) is 0 Å². The molecule has 0 bridgehead atoms. The Hall–Kier alpha value is -3.91. The third kappa shape index (κ3) is 4.60.